The van der Waals surface area contributed by atoms with E-state index in [0.717, 1.165) is 5.56 Å². The minimum atomic E-state index is -3.85. The van der Waals surface area contributed by atoms with Gasteiger partial charge in [-0.3, -0.25) is 9.52 Å². The SMILES string of the molecule is COc1cccc(S(=O)(=O)Nc2ccc3c(c2)[C@@H]2C[C@H](CC(=O)O)O[C@H](CO)[C@@H]2O3)c1. The van der Waals surface area contributed by atoms with Crippen LogP contribution < -0.4 is 14.2 Å². The summed E-state index contributed by atoms with van der Waals surface area (Å²) in [6.07, 6.45) is -1.48. The summed E-state index contributed by atoms with van der Waals surface area (Å²) in [7, 11) is -2.39. The lowest BCUT2D eigenvalue weighted by Crippen LogP contribution is -2.46. The van der Waals surface area contributed by atoms with Gasteiger partial charge in [0.15, 0.2) is 0 Å². The second-order valence-corrected chi connectivity index (χ2v) is 9.22. The average Bonchev–Trinajstić information content (AvgIpc) is 3.10. The molecular formula is C21H23NO8S. The number of methoxy groups -OCH3 is 1. The molecule has 4 rings (SSSR count). The number of nitrogens with one attached hydrogen (secondary N) is 1. The Kier molecular flexibility index (Phi) is 5.78. The van der Waals surface area contributed by atoms with Crippen molar-refractivity contribution in [1.29, 1.82) is 0 Å². The molecule has 0 unspecified atom stereocenters. The summed E-state index contributed by atoms with van der Waals surface area (Å²) in [4.78, 5) is 11.2. The average molecular weight is 449 g/mol. The number of hydrogen-bond acceptors (Lipinski definition) is 7. The Morgan fingerprint density at radius 2 is 2.06 bits per heavy atom. The van der Waals surface area contributed by atoms with Crippen molar-refractivity contribution in [3.63, 3.8) is 0 Å². The van der Waals surface area contributed by atoms with E-state index in [0.29, 0.717) is 23.6 Å². The molecule has 0 amide bonds. The van der Waals surface area contributed by atoms with Crippen LogP contribution in [-0.2, 0) is 19.6 Å². The molecule has 2 aromatic rings. The zero-order chi connectivity index (χ0) is 22.2. The smallest absolute Gasteiger partial charge is 0.305 e. The summed E-state index contributed by atoms with van der Waals surface area (Å²) in [5.74, 6) is -0.210. The number of carboxylic acids is 1. The van der Waals surface area contributed by atoms with Gasteiger partial charge >= 0.3 is 5.97 Å². The molecule has 2 aliphatic rings. The molecule has 2 aliphatic heterocycles. The number of rotatable bonds is 7. The first kappa shape index (κ1) is 21.4. The van der Waals surface area contributed by atoms with Crippen molar-refractivity contribution in [3.05, 3.63) is 48.0 Å². The zero-order valence-electron chi connectivity index (χ0n) is 16.7. The van der Waals surface area contributed by atoms with E-state index in [-0.39, 0.29) is 23.8 Å². The van der Waals surface area contributed by atoms with Crippen LogP contribution >= 0.6 is 0 Å². The van der Waals surface area contributed by atoms with E-state index in [4.69, 9.17) is 19.3 Å². The zero-order valence-corrected chi connectivity index (χ0v) is 17.5. The van der Waals surface area contributed by atoms with Gasteiger partial charge in [0.25, 0.3) is 10.0 Å². The second-order valence-electron chi connectivity index (χ2n) is 7.54. The van der Waals surface area contributed by atoms with Crippen LogP contribution in [0.4, 0.5) is 5.69 Å². The molecule has 10 heteroatoms. The van der Waals surface area contributed by atoms with Crippen LogP contribution in [-0.4, -0.2) is 56.6 Å². The number of aliphatic carboxylic acids is 1. The molecule has 1 saturated heterocycles. The highest BCUT2D eigenvalue weighted by molar-refractivity contribution is 7.92. The van der Waals surface area contributed by atoms with Crippen molar-refractivity contribution in [1.82, 2.24) is 0 Å². The van der Waals surface area contributed by atoms with Crippen LogP contribution in [0.2, 0.25) is 0 Å². The lowest BCUT2D eigenvalue weighted by Gasteiger charge is -2.36. The molecular weight excluding hydrogens is 426 g/mol. The van der Waals surface area contributed by atoms with Crippen molar-refractivity contribution < 1.29 is 37.6 Å². The van der Waals surface area contributed by atoms with Gasteiger partial charge in [-0.25, -0.2) is 8.42 Å². The van der Waals surface area contributed by atoms with Crippen LogP contribution in [0.15, 0.2) is 47.4 Å². The Morgan fingerprint density at radius 3 is 2.77 bits per heavy atom. The molecule has 2 heterocycles. The number of hydrogen-bond donors (Lipinski definition) is 3. The number of carboxylic acid groups (broad SMARTS) is 1. The molecule has 0 bridgehead atoms. The molecule has 0 aliphatic carbocycles. The number of aliphatic hydroxyl groups is 1. The van der Waals surface area contributed by atoms with Gasteiger partial charge in [0, 0.05) is 23.2 Å². The molecule has 2 aromatic carbocycles. The maximum Gasteiger partial charge on any atom is 0.305 e. The van der Waals surface area contributed by atoms with Crippen LogP contribution in [0.5, 0.6) is 11.5 Å². The maximum absolute atomic E-state index is 12.8. The Bertz CT molecular complexity index is 1090. The van der Waals surface area contributed by atoms with E-state index in [1.807, 2.05) is 0 Å². The maximum atomic E-state index is 12.8. The first-order valence-corrected chi connectivity index (χ1v) is 11.2. The van der Waals surface area contributed by atoms with Gasteiger partial charge < -0.3 is 24.4 Å². The lowest BCUT2D eigenvalue weighted by atomic mass is 9.84. The monoisotopic (exact) mass is 449 g/mol. The molecule has 166 valence electrons. The van der Waals surface area contributed by atoms with Crippen molar-refractivity contribution in [3.8, 4) is 11.5 Å². The lowest BCUT2D eigenvalue weighted by molar-refractivity contribution is -0.153. The molecule has 9 nitrogen and oxygen atoms in total. The molecule has 0 aromatic heterocycles. The molecule has 4 atom stereocenters. The number of anilines is 1. The Labute approximate surface area is 179 Å². The highest BCUT2D eigenvalue weighted by Crippen LogP contribution is 2.47. The topological polar surface area (TPSA) is 131 Å². The molecule has 31 heavy (non-hydrogen) atoms. The molecule has 3 N–H and O–H groups in total. The van der Waals surface area contributed by atoms with Crippen molar-refractivity contribution in [2.75, 3.05) is 18.4 Å². The van der Waals surface area contributed by atoms with Crippen molar-refractivity contribution >= 4 is 21.7 Å². The number of sulfonamides is 1. The number of ether oxygens (including phenoxy) is 3. The Hall–Kier alpha value is -2.82. The summed E-state index contributed by atoms with van der Waals surface area (Å²) >= 11 is 0. The minimum absolute atomic E-state index is 0.0643. The van der Waals surface area contributed by atoms with Gasteiger partial charge in [0.05, 0.1) is 31.1 Å². The summed E-state index contributed by atoms with van der Waals surface area (Å²) in [6, 6.07) is 11.1. The predicted octanol–water partition coefficient (Wildman–Crippen LogP) is 1.97. The number of aliphatic hydroxyl groups excluding tert-OH is 1. The largest absolute Gasteiger partial charge is 0.497 e. The van der Waals surface area contributed by atoms with Gasteiger partial charge in [-0.05, 0) is 36.8 Å². The van der Waals surface area contributed by atoms with Crippen LogP contribution in [0.25, 0.3) is 0 Å². The van der Waals surface area contributed by atoms with Crippen LogP contribution in [0, 0.1) is 0 Å². The van der Waals surface area contributed by atoms with E-state index in [2.05, 4.69) is 4.72 Å². The molecule has 0 saturated carbocycles. The quantitative estimate of drug-likeness (QED) is 0.585. The van der Waals surface area contributed by atoms with E-state index >= 15 is 0 Å². The minimum Gasteiger partial charge on any atom is -0.497 e. The molecule has 0 radical (unpaired) electrons. The predicted molar refractivity (Wildman–Crippen MR) is 110 cm³/mol. The van der Waals surface area contributed by atoms with Crippen LogP contribution in [0.1, 0.15) is 24.3 Å². The van der Waals surface area contributed by atoms with Gasteiger partial charge in [-0.15, -0.1) is 0 Å². The number of fused-ring (bicyclic) bond motifs is 3. The van der Waals surface area contributed by atoms with Crippen LogP contribution in [0.3, 0.4) is 0 Å². The first-order valence-electron chi connectivity index (χ1n) is 9.76. The van der Waals surface area contributed by atoms with Gasteiger partial charge in [-0.2, -0.15) is 0 Å². The first-order chi connectivity index (χ1) is 14.8. The van der Waals surface area contributed by atoms with E-state index in [9.17, 15) is 18.3 Å². The van der Waals surface area contributed by atoms with Gasteiger partial charge in [-0.1, -0.05) is 6.07 Å². The van der Waals surface area contributed by atoms with Gasteiger partial charge in [0.2, 0.25) is 0 Å². The standard InChI is InChI=1S/C21H23NO8S/c1-28-13-3-2-4-15(8-13)31(26,27)22-12-5-6-18-16(7-12)17-9-14(10-20(24)25)29-19(11-23)21(17)30-18/h2-8,14,17,19,21-23H,9-11H2,1H3,(H,24,25)/t14-,17+,19-,21-/m1/s1. The molecule has 1 fully saturated rings. The highest BCUT2D eigenvalue weighted by atomic mass is 32.2. The summed E-state index contributed by atoms with van der Waals surface area (Å²) in [5.41, 5.74) is 1.11. The third-order valence-electron chi connectivity index (χ3n) is 5.51. The third kappa shape index (κ3) is 4.32. The fraction of sp³-hybridized carbons (Fsp3) is 0.381. The van der Waals surface area contributed by atoms with E-state index in [1.54, 1.807) is 30.3 Å². The normalized spacial score (nSPS) is 24.6. The van der Waals surface area contributed by atoms with E-state index in [1.165, 1.54) is 19.2 Å². The van der Waals surface area contributed by atoms with E-state index < -0.39 is 34.3 Å². The summed E-state index contributed by atoms with van der Waals surface area (Å²) in [5, 5.41) is 18.8. The second kappa shape index (κ2) is 8.37. The summed E-state index contributed by atoms with van der Waals surface area (Å²) < 4.78 is 44.9. The van der Waals surface area contributed by atoms with Gasteiger partial charge in [0.1, 0.15) is 23.7 Å². The summed E-state index contributed by atoms with van der Waals surface area (Å²) in [6.45, 7) is -0.305. The Morgan fingerprint density at radius 1 is 1.26 bits per heavy atom. The Balaban J connectivity index is 1.60. The third-order valence-corrected chi connectivity index (χ3v) is 6.88. The fourth-order valence-electron chi connectivity index (χ4n) is 4.13. The van der Waals surface area contributed by atoms with Crippen molar-refractivity contribution in [2.24, 2.45) is 0 Å². The highest BCUT2D eigenvalue weighted by Gasteiger charge is 2.46. The number of benzene rings is 2. The van der Waals surface area contributed by atoms with Crippen molar-refractivity contribution in [2.45, 2.75) is 42.0 Å². The molecule has 0 spiro atoms. The fourth-order valence-corrected chi connectivity index (χ4v) is 5.21. The number of carbonyl (C=O) groups is 1.